The van der Waals surface area contributed by atoms with Crippen LogP contribution < -0.4 is 10.6 Å². The van der Waals surface area contributed by atoms with Crippen molar-refractivity contribution in [3.63, 3.8) is 0 Å². The van der Waals surface area contributed by atoms with Crippen LogP contribution in [0.4, 0.5) is 11.4 Å². The Morgan fingerprint density at radius 3 is 2.55 bits per heavy atom. The molecule has 0 saturated carbocycles. The predicted octanol–water partition coefficient (Wildman–Crippen LogP) is 4.40. The van der Waals surface area contributed by atoms with Crippen LogP contribution in [-0.4, -0.2) is 26.8 Å². The van der Waals surface area contributed by atoms with Gasteiger partial charge in [-0.05, 0) is 56.2 Å². The average molecular weight is 432 g/mol. The van der Waals surface area contributed by atoms with Gasteiger partial charge in [-0.3, -0.25) is 9.59 Å². The van der Waals surface area contributed by atoms with Crippen molar-refractivity contribution in [2.24, 2.45) is 0 Å². The highest BCUT2D eigenvalue weighted by molar-refractivity contribution is 6.32. The van der Waals surface area contributed by atoms with E-state index in [0.29, 0.717) is 27.1 Å². The monoisotopic (exact) mass is 431 g/mol. The van der Waals surface area contributed by atoms with Crippen LogP contribution in [0.3, 0.4) is 0 Å². The minimum Gasteiger partial charge on any atom is -0.324 e. The molecular weight excluding hydrogens is 413 g/mol. The lowest BCUT2D eigenvalue weighted by Gasteiger charge is -2.10. The van der Waals surface area contributed by atoms with Crippen LogP contribution in [0.1, 0.15) is 27.3 Å². The summed E-state index contributed by atoms with van der Waals surface area (Å²) in [5.74, 6) is -0.730. The van der Waals surface area contributed by atoms with Gasteiger partial charge in [0, 0.05) is 21.4 Å². The Bertz CT molecular complexity index is 1090. The van der Waals surface area contributed by atoms with E-state index < -0.39 is 5.91 Å². The van der Waals surface area contributed by atoms with E-state index in [1.165, 1.54) is 4.68 Å². The van der Waals surface area contributed by atoms with E-state index in [1.54, 1.807) is 37.3 Å². The molecule has 29 heavy (non-hydrogen) atoms. The first-order valence-corrected chi connectivity index (χ1v) is 9.54. The third-order valence-electron chi connectivity index (χ3n) is 4.48. The minimum atomic E-state index is -0.426. The molecule has 2 amide bonds. The van der Waals surface area contributed by atoms with Gasteiger partial charge in [-0.25, -0.2) is 4.68 Å². The molecule has 1 heterocycles. The summed E-state index contributed by atoms with van der Waals surface area (Å²) in [5, 5.41) is 14.5. The van der Waals surface area contributed by atoms with Crippen molar-refractivity contribution in [3.8, 4) is 0 Å². The third kappa shape index (κ3) is 4.75. The molecular formula is C20H19Cl2N5O2. The first-order valence-electron chi connectivity index (χ1n) is 8.79. The molecule has 0 bridgehead atoms. The van der Waals surface area contributed by atoms with Gasteiger partial charge in [-0.15, -0.1) is 5.10 Å². The molecule has 150 valence electrons. The van der Waals surface area contributed by atoms with E-state index in [9.17, 15) is 9.59 Å². The van der Waals surface area contributed by atoms with Crippen molar-refractivity contribution < 1.29 is 9.59 Å². The number of nitrogens with one attached hydrogen (secondary N) is 2. The highest BCUT2D eigenvalue weighted by Gasteiger charge is 2.19. The first kappa shape index (κ1) is 20.8. The van der Waals surface area contributed by atoms with Gasteiger partial charge in [0.1, 0.15) is 6.54 Å². The summed E-state index contributed by atoms with van der Waals surface area (Å²) in [6.07, 6.45) is 0. The van der Waals surface area contributed by atoms with E-state index in [2.05, 4.69) is 20.9 Å². The van der Waals surface area contributed by atoms with Crippen LogP contribution >= 0.6 is 23.2 Å². The molecule has 2 N–H and O–H groups in total. The third-order valence-corrected chi connectivity index (χ3v) is 5.13. The Morgan fingerprint density at radius 1 is 1.03 bits per heavy atom. The van der Waals surface area contributed by atoms with E-state index in [4.69, 9.17) is 23.2 Å². The van der Waals surface area contributed by atoms with E-state index >= 15 is 0 Å². The van der Waals surface area contributed by atoms with Crippen LogP contribution in [0.5, 0.6) is 0 Å². The molecule has 0 saturated heterocycles. The molecule has 7 nitrogen and oxygen atoms in total. The molecule has 0 aliphatic carbocycles. The smallest absolute Gasteiger partial charge is 0.278 e. The molecule has 1 aromatic heterocycles. The summed E-state index contributed by atoms with van der Waals surface area (Å²) in [6, 6.07) is 10.5. The van der Waals surface area contributed by atoms with Crippen molar-refractivity contribution in [1.29, 1.82) is 0 Å². The summed E-state index contributed by atoms with van der Waals surface area (Å²) >= 11 is 12.1. The highest BCUT2D eigenvalue weighted by Crippen LogP contribution is 2.23. The van der Waals surface area contributed by atoms with Crippen LogP contribution in [0.2, 0.25) is 10.0 Å². The fraction of sp³-hybridized carbons (Fsp3) is 0.200. The lowest BCUT2D eigenvalue weighted by molar-refractivity contribution is -0.117. The van der Waals surface area contributed by atoms with Gasteiger partial charge in [0.2, 0.25) is 5.91 Å². The zero-order chi connectivity index (χ0) is 21.1. The van der Waals surface area contributed by atoms with E-state index in [-0.39, 0.29) is 18.1 Å². The molecule has 0 fully saturated rings. The second kappa shape index (κ2) is 8.63. The van der Waals surface area contributed by atoms with Gasteiger partial charge in [-0.1, -0.05) is 40.5 Å². The van der Waals surface area contributed by atoms with Gasteiger partial charge in [0.25, 0.3) is 5.91 Å². The van der Waals surface area contributed by atoms with Crippen molar-refractivity contribution in [2.45, 2.75) is 27.3 Å². The molecule has 0 spiro atoms. The Labute approximate surface area is 178 Å². The van der Waals surface area contributed by atoms with Crippen LogP contribution in [0.15, 0.2) is 36.4 Å². The number of carbonyl (C=O) groups is 2. The molecule has 0 aliphatic heterocycles. The van der Waals surface area contributed by atoms with Crippen LogP contribution in [0, 0.1) is 20.8 Å². The maximum absolute atomic E-state index is 12.6. The Balaban J connectivity index is 1.71. The zero-order valence-corrected chi connectivity index (χ0v) is 17.6. The number of hydrogen-bond donors (Lipinski definition) is 2. The number of hydrogen-bond acceptors (Lipinski definition) is 4. The largest absolute Gasteiger partial charge is 0.324 e. The second-order valence-corrected chi connectivity index (χ2v) is 7.40. The topological polar surface area (TPSA) is 88.9 Å². The van der Waals surface area contributed by atoms with Crippen molar-refractivity contribution in [1.82, 2.24) is 15.0 Å². The molecule has 3 rings (SSSR count). The Morgan fingerprint density at radius 2 is 1.79 bits per heavy atom. The van der Waals surface area contributed by atoms with Gasteiger partial charge in [0.15, 0.2) is 5.69 Å². The molecule has 0 aliphatic rings. The summed E-state index contributed by atoms with van der Waals surface area (Å²) < 4.78 is 1.37. The number of anilines is 2. The Hall–Kier alpha value is -2.90. The number of amides is 2. The van der Waals surface area contributed by atoms with Gasteiger partial charge in [-0.2, -0.15) is 0 Å². The van der Waals surface area contributed by atoms with Crippen molar-refractivity contribution >= 4 is 46.4 Å². The number of rotatable bonds is 5. The summed E-state index contributed by atoms with van der Waals surface area (Å²) in [6.45, 7) is 5.27. The summed E-state index contributed by atoms with van der Waals surface area (Å²) in [7, 11) is 0. The average Bonchev–Trinajstić information content (AvgIpc) is 3.02. The lowest BCUT2D eigenvalue weighted by atomic mass is 10.2. The summed E-state index contributed by atoms with van der Waals surface area (Å²) in [4.78, 5) is 25.0. The van der Waals surface area contributed by atoms with Gasteiger partial charge in [0.05, 0.1) is 5.69 Å². The normalized spacial score (nSPS) is 10.7. The SMILES string of the molecule is Cc1ccc(Cl)cc1NC(=O)c1nnn(CC(=O)Nc2cccc(Cl)c2C)c1C. The molecule has 3 aromatic rings. The van der Waals surface area contributed by atoms with Gasteiger partial charge >= 0.3 is 0 Å². The lowest BCUT2D eigenvalue weighted by Crippen LogP contribution is -2.21. The quantitative estimate of drug-likeness (QED) is 0.626. The first-order chi connectivity index (χ1) is 13.8. The van der Waals surface area contributed by atoms with Crippen LogP contribution in [0.25, 0.3) is 0 Å². The molecule has 2 aromatic carbocycles. The standard InChI is InChI=1S/C20H19Cl2N5O2/c1-11-7-8-14(21)9-17(11)24-20(29)19-13(3)27(26-25-19)10-18(28)23-16-6-4-5-15(22)12(16)2/h4-9H,10H2,1-3H3,(H,23,28)(H,24,29). The number of aromatic nitrogens is 3. The molecule has 0 radical (unpaired) electrons. The Kier molecular flexibility index (Phi) is 6.20. The number of benzene rings is 2. The maximum Gasteiger partial charge on any atom is 0.278 e. The minimum absolute atomic E-state index is 0.0890. The van der Waals surface area contributed by atoms with E-state index in [1.807, 2.05) is 19.9 Å². The highest BCUT2D eigenvalue weighted by atomic mass is 35.5. The zero-order valence-electron chi connectivity index (χ0n) is 16.1. The second-order valence-electron chi connectivity index (χ2n) is 6.56. The molecule has 0 atom stereocenters. The van der Waals surface area contributed by atoms with Crippen LogP contribution in [-0.2, 0) is 11.3 Å². The number of aryl methyl sites for hydroxylation is 1. The maximum atomic E-state index is 12.6. The molecule has 9 heteroatoms. The number of carbonyl (C=O) groups excluding carboxylic acids is 2. The fourth-order valence-electron chi connectivity index (χ4n) is 2.70. The van der Waals surface area contributed by atoms with Crippen molar-refractivity contribution in [2.75, 3.05) is 10.6 Å². The number of halogens is 2. The van der Waals surface area contributed by atoms with Gasteiger partial charge < -0.3 is 10.6 Å². The van der Waals surface area contributed by atoms with Crippen molar-refractivity contribution in [3.05, 3.63) is 69.0 Å². The summed E-state index contributed by atoms with van der Waals surface area (Å²) in [5.41, 5.74) is 3.45. The molecule has 0 unspecified atom stereocenters. The fourth-order valence-corrected chi connectivity index (χ4v) is 3.05. The predicted molar refractivity (Wildman–Crippen MR) is 114 cm³/mol. The number of nitrogens with zero attached hydrogens (tertiary/aromatic N) is 3. The van der Waals surface area contributed by atoms with E-state index in [0.717, 1.165) is 11.1 Å².